The van der Waals surface area contributed by atoms with Crippen LogP contribution in [0.3, 0.4) is 0 Å². The molecule has 1 heterocycles. The SMILES string of the molecule is Cc1[nH]cnc1CNc1ccc(O)cc1. The summed E-state index contributed by atoms with van der Waals surface area (Å²) < 4.78 is 0. The molecule has 0 aliphatic rings. The minimum atomic E-state index is 0.275. The van der Waals surface area contributed by atoms with Crippen LogP contribution >= 0.6 is 0 Å². The van der Waals surface area contributed by atoms with E-state index >= 15 is 0 Å². The number of benzene rings is 1. The number of hydrogen-bond acceptors (Lipinski definition) is 3. The number of H-pyrrole nitrogens is 1. The summed E-state index contributed by atoms with van der Waals surface area (Å²) in [4.78, 5) is 7.20. The highest BCUT2D eigenvalue weighted by Gasteiger charge is 2.00. The molecule has 4 heteroatoms. The molecule has 4 nitrogen and oxygen atoms in total. The Morgan fingerprint density at radius 2 is 2.07 bits per heavy atom. The van der Waals surface area contributed by atoms with E-state index in [-0.39, 0.29) is 5.75 Å². The Kier molecular flexibility index (Phi) is 2.58. The highest BCUT2D eigenvalue weighted by molar-refractivity contribution is 5.46. The molecular formula is C11H13N3O. The smallest absolute Gasteiger partial charge is 0.115 e. The highest BCUT2D eigenvalue weighted by atomic mass is 16.3. The molecule has 0 bridgehead atoms. The van der Waals surface area contributed by atoms with Gasteiger partial charge in [0.1, 0.15) is 5.75 Å². The number of hydrogen-bond donors (Lipinski definition) is 3. The monoisotopic (exact) mass is 203 g/mol. The molecule has 3 N–H and O–H groups in total. The van der Waals surface area contributed by atoms with E-state index < -0.39 is 0 Å². The van der Waals surface area contributed by atoms with Gasteiger partial charge in [0.25, 0.3) is 0 Å². The average Bonchev–Trinajstić information content (AvgIpc) is 2.63. The van der Waals surface area contributed by atoms with Crippen LogP contribution in [-0.2, 0) is 6.54 Å². The second-order valence-electron chi connectivity index (χ2n) is 3.37. The first-order valence-corrected chi connectivity index (χ1v) is 4.77. The van der Waals surface area contributed by atoms with Gasteiger partial charge in [-0.25, -0.2) is 4.98 Å². The van der Waals surface area contributed by atoms with Crippen molar-refractivity contribution in [3.05, 3.63) is 42.0 Å². The van der Waals surface area contributed by atoms with Crippen LogP contribution in [0.25, 0.3) is 0 Å². The number of anilines is 1. The number of imidazole rings is 1. The molecule has 1 aromatic heterocycles. The second kappa shape index (κ2) is 4.04. The first-order chi connectivity index (χ1) is 7.25. The summed E-state index contributed by atoms with van der Waals surface area (Å²) in [5, 5.41) is 12.3. The Labute approximate surface area is 88.0 Å². The lowest BCUT2D eigenvalue weighted by molar-refractivity contribution is 0.475. The number of aromatic nitrogens is 2. The van der Waals surface area contributed by atoms with Gasteiger partial charge in [-0.05, 0) is 31.2 Å². The molecule has 1 aromatic carbocycles. The Bertz CT molecular complexity index is 433. The van der Waals surface area contributed by atoms with Gasteiger partial charge in [0, 0.05) is 11.4 Å². The van der Waals surface area contributed by atoms with E-state index in [0.29, 0.717) is 6.54 Å². The summed E-state index contributed by atoms with van der Waals surface area (Å²) in [5.74, 6) is 0.275. The van der Waals surface area contributed by atoms with Crippen molar-refractivity contribution >= 4 is 5.69 Å². The summed E-state index contributed by atoms with van der Waals surface area (Å²) >= 11 is 0. The first-order valence-electron chi connectivity index (χ1n) is 4.77. The minimum absolute atomic E-state index is 0.275. The number of phenolic OH excluding ortho intramolecular Hbond substituents is 1. The fraction of sp³-hybridized carbons (Fsp3) is 0.182. The molecule has 0 aliphatic heterocycles. The summed E-state index contributed by atoms with van der Waals surface area (Å²) in [6.07, 6.45) is 1.68. The number of aromatic hydroxyl groups is 1. The number of rotatable bonds is 3. The van der Waals surface area contributed by atoms with Crippen molar-refractivity contribution < 1.29 is 5.11 Å². The normalized spacial score (nSPS) is 10.2. The molecule has 0 amide bonds. The third-order valence-electron chi connectivity index (χ3n) is 2.26. The predicted molar refractivity (Wildman–Crippen MR) is 58.8 cm³/mol. The van der Waals surface area contributed by atoms with Crippen LogP contribution in [0.2, 0.25) is 0 Å². The molecule has 0 radical (unpaired) electrons. The van der Waals surface area contributed by atoms with Gasteiger partial charge in [-0.1, -0.05) is 0 Å². The second-order valence-corrected chi connectivity index (χ2v) is 3.37. The summed E-state index contributed by atoms with van der Waals surface area (Å²) in [6.45, 7) is 2.67. The minimum Gasteiger partial charge on any atom is -0.508 e. The molecule has 0 spiro atoms. The van der Waals surface area contributed by atoms with Crippen LogP contribution in [0, 0.1) is 6.92 Å². The Morgan fingerprint density at radius 1 is 1.33 bits per heavy atom. The van der Waals surface area contributed by atoms with E-state index in [1.165, 1.54) is 0 Å². The van der Waals surface area contributed by atoms with Gasteiger partial charge < -0.3 is 15.4 Å². The summed E-state index contributed by atoms with van der Waals surface area (Å²) in [7, 11) is 0. The van der Waals surface area contributed by atoms with Crippen LogP contribution in [0.1, 0.15) is 11.4 Å². The Morgan fingerprint density at radius 3 is 2.67 bits per heavy atom. The van der Waals surface area contributed by atoms with Crippen molar-refractivity contribution in [3.8, 4) is 5.75 Å². The van der Waals surface area contributed by atoms with Gasteiger partial charge >= 0.3 is 0 Å². The van der Waals surface area contributed by atoms with E-state index in [4.69, 9.17) is 5.11 Å². The fourth-order valence-electron chi connectivity index (χ4n) is 1.33. The van der Waals surface area contributed by atoms with Gasteiger partial charge in [0.2, 0.25) is 0 Å². The molecule has 0 unspecified atom stereocenters. The van der Waals surface area contributed by atoms with E-state index in [2.05, 4.69) is 15.3 Å². The van der Waals surface area contributed by atoms with Crippen molar-refractivity contribution in [1.82, 2.24) is 9.97 Å². The first kappa shape index (κ1) is 9.58. The van der Waals surface area contributed by atoms with Gasteiger partial charge in [-0.2, -0.15) is 0 Å². The zero-order chi connectivity index (χ0) is 10.7. The maximum Gasteiger partial charge on any atom is 0.115 e. The molecule has 0 aliphatic carbocycles. The van der Waals surface area contributed by atoms with Crippen molar-refractivity contribution in [1.29, 1.82) is 0 Å². The van der Waals surface area contributed by atoms with E-state index in [9.17, 15) is 0 Å². The van der Waals surface area contributed by atoms with Gasteiger partial charge in [0.05, 0.1) is 18.6 Å². The quantitative estimate of drug-likeness (QED) is 0.669. The zero-order valence-corrected chi connectivity index (χ0v) is 8.49. The Hall–Kier alpha value is -1.97. The number of nitrogens with zero attached hydrogens (tertiary/aromatic N) is 1. The third-order valence-corrected chi connectivity index (χ3v) is 2.26. The highest BCUT2D eigenvalue weighted by Crippen LogP contribution is 2.14. The number of nitrogens with one attached hydrogen (secondary N) is 2. The molecule has 2 aromatic rings. The molecule has 2 rings (SSSR count). The predicted octanol–water partition coefficient (Wildman–Crippen LogP) is 2.04. The summed E-state index contributed by atoms with van der Waals surface area (Å²) in [6, 6.07) is 6.97. The molecule has 0 saturated heterocycles. The molecule has 15 heavy (non-hydrogen) atoms. The van der Waals surface area contributed by atoms with Crippen molar-refractivity contribution in [2.24, 2.45) is 0 Å². The molecule has 0 saturated carbocycles. The summed E-state index contributed by atoms with van der Waals surface area (Å²) in [5.41, 5.74) is 3.04. The Balaban J connectivity index is 1.99. The molecule has 78 valence electrons. The average molecular weight is 203 g/mol. The van der Waals surface area contributed by atoms with Crippen LogP contribution in [-0.4, -0.2) is 15.1 Å². The van der Waals surface area contributed by atoms with E-state index in [1.54, 1.807) is 18.5 Å². The van der Waals surface area contributed by atoms with E-state index in [0.717, 1.165) is 17.1 Å². The maximum atomic E-state index is 9.11. The molecular weight excluding hydrogens is 190 g/mol. The van der Waals surface area contributed by atoms with Crippen molar-refractivity contribution in [2.45, 2.75) is 13.5 Å². The van der Waals surface area contributed by atoms with Crippen LogP contribution < -0.4 is 5.32 Å². The zero-order valence-electron chi connectivity index (χ0n) is 8.49. The van der Waals surface area contributed by atoms with Gasteiger partial charge in [-0.3, -0.25) is 0 Å². The van der Waals surface area contributed by atoms with Gasteiger partial charge in [-0.15, -0.1) is 0 Å². The largest absolute Gasteiger partial charge is 0.508 e. The lowest BCUT2D eigenvalue weighted by Gasteiger charge is -2.04. The van der Waals surface area contributed by atoms with Crippen LogP contribution in [0.5, 0.6) is 5.75 Å². The topological polar surface area (TPSA) is 60.9 Å². The van der Waals surface area contributed by atoms with Crippen molar-refractivity contribution in [3.63, 3.8) is 0 Å². The van der Waals surface area contributed by atoms with Gasteiger partial charge in [0.15, 0.2) is 0 Å². The molecule has 0 atom stereocenters. The number of aryl methyl sites for hydroxylation is 1. The lowest BCUT2D eigenvalue weighted by atomic mass is 10.3. The molecule has 0 fully saturated rings. The fourth-order valence-corrected chi connectivity index (χ4v) is 1.33. The number of phenols is 1. The van der Waals surface area contributed by atoms with Crippen molar-refractivity contribution in [2.75, 3.05) is 5.32 Å². The number of aromatic amines is 1. The third kappa shape index (κ3) is 2.28. The van der Waals surface area contributed by atoms with Crippen LogP contribution in [0.4, 0.5) is 5.69 Å². The van der Waals surface area contributed by atoms with E-state index in [1.807, 2.05) is 19.1 Å². The lowest BCUT2D eigenvalue weighted by Crippen LogP contribution is -2.00. The van der Waals surface area contributed by atoms with Crippen LogP contribution in [0.15, 0.2) is 30.6 Å². The maximum absolute atomic E-state index is 9.11. The standard InChI is InChI=1S/C11H13N3O/c1-8-11(14-7-13-8)6-12-9-2-4-10(15)5-3-9/h2-5,7,12,15H,6H2,1H3,(H,13,14).